The van der Waals surface area contributed by atoms with Crippen LogP contribution in [0.2, 0.25) is 0 Å². The molecule has 2 aromatic heterocycles. The van der Waals surface area contributed by atoms with Crippen molar-refractivity contribution in [2.75, 3.05) is 39.1 Å². The van der Waals surface area contributed by atoms with Crippen LogP contribution >= 0.6 is 0 Å². The summed E-state index contributed by atoms with van der Waals surface area (Å²) in [6.45, 7) is 6.22. The van der Waals surface area contributed by atoms with Gasteiger partial charge in [0.15, 0.2) is 17.0 Å². The number of carboxylic acids is 1. The lowest BCUT2D eigenvalue weighted by Crippen LogP contribution is -2.30. The van der Waals surface area contributed by atoms with E-state index >= 15 is 0 Å². The number of nitrogens with zero attached hydrogens (tertiary/aromatic N) is 5. The van der Waals surface area contributed by atoms with Crippen LogP contribution in [0.25, 0.3) is 11.2 Å². The molecule has 0 bridgehead atoms. The van der Waals surface area contributed by atoms with E-state index in [0.29, 0.717) is 50.0 Å². The van der Waals surface area contributed by atoms with Gasteiger partial charge in [-0.2, -0.15) is 15.0 Å². The third-order valence-corrected chi connectivity index (χ3v) is 5.76. The van der Waals surface area contributed by atoms with Crippen molar-refractivity contribution in [3.05, 3.63) is 35.4 Å². The number of hydrogen-bond donors (Lipinski definition) is 3. The Labute approximate surface area is 204 Å². The van der Waals surface area contributed by atoms with Gasteiger partial charge in [-0.05, 0) is 24.5 Å². The first-order chi connectivity index (χ1) is 16.9. The van der Waals surface area contributed by atoms with Crippen molar-refractivity contribution >= 4 is 23.0 Å². The van der Waals surface area contributed by atoms with E-state index in [1.807, 2.05) is 28.8 Å². The standard InChI is InChI=1S/C24H34N6O5/c1-4-5-13-35-23-27-20(25)19-21(28-23)30(24(26-19)34-3)10-9-29(11-12-31)15-17-7-6-8-18(14-17)16(2)22(32)33/h6-8,14,16,31H,4-5,9-13,15H2,1-3H3,(H,32,33)(H2,25,27,28). The van der Waals surface area contributed by atoms with E-state index in [4.69, 9.17) is 15.2 Å². The molecule has 0 spiro atoms. The van der Waals surface area contributed by atoms with Gasteiger partial charge in [0.25, 0.3) is 6.01 Å². The average Bonchev–Trinajstić information content (AvgIpc) is 3.20. The van der Waals surface area contributed by atoms with Crippen molar-refractivity contribution in [1.29, 1.82) is 0 Å². The van der Waals surface area contributed by atoms with Crippen molar-refractivity contribution < 1.29 is 24.5 Å². The van der Waals surface area contributed by atoms with E-state index in [9.17, 15) is 15.0 Å². The third-order valence-electron chi connectivity index (χ3n) is 5.76. The molecule has 1 aromatic carbocycles. The number of aliphatic carboxylic acids is 1. The molecule has 0 aliphatic heterocycles. The number of rotatable bonds is 14. The number of hydrogen-bond acceptors (Lipinski definition) is 9. The third kappa shape index (κ3) is 6.58. The SMILES string of the molecule is CCCCOc1nc(N)c2nc(OC)n(CCN(CCO)Cc3cccc(C(C)C(=O)O)c3)c2n1. The second kappa shape index (κ2) is 12.3. The molecule has 3 aromatic rings. The summed E-state index contributed by atoms with van der Waals surface area (Å²) in [5, 5.41) is 18.9. The number of anilines is 1. The van der Waals surface area contributed by atoms with Gasteiger partial charge in [0.2, 0.25) is 0 Å². The topological polar surface area (TPSA) is 149 Å². The predicted octanol–water partition coefficient (Wildman–Crippen LogP) is 2.28. The highest BCUT2D eigenvalue weighted by molar-refractivity contribution is 5.83. The highest BCUT2D eigenvalue weighted by Crippen LogP contribution is 2.25. The minimum Gasteiger partial charge on any atom is -0.481 e. The molecule has 11 nitrogen and oxygen atoms in total. The highest BCUT2D eigenvalue weighted by Gasteiger charge is 2.19. The maximum Gasteiger partial charge on any atom is 0.320 e. The largest absolute Gasteiger partial charge is 0.481 e. The van der Waals surface area contributed by atoms with Crippen molar-refractivity contribution in [1.82, 2.24) is 24.4 Å². The molecule has 0 saturated heterocycles. The van der Waals surface area contributed by atoms with Crippen LogP contribution in [0.4, 0.5) is 5.82 Å². The van der Waals surface area contributed by atoms with Crippen molar-refractivity contribution in [2.45, 2.75) is 45.7 Å². The second-order valence-electron chi connectivity index (χ2n) is 8.32. The molecule has 4 N–H and O–H groups in total. The Balaban J connectivity index is 1.81. The summed E-state index contributed by atoms with van der Waals surface area (Å²) in [4.78, 5) is 26.6. The summed E-state index contributed by atoms with van der Waals surface area (Å²) in [6, 6.07) is 8.06. The van der Waals surface area contributed by atoms with Gasteiger partial charge in [0.1, 0.15) is 0 Å². The van der Waals surface area contributed by atoms with Gasteiger partial charge in [-0.3, -0.25) is 14.3 Å². The molecule has 1 unspecified atom stereocenters. The molecule has 0 radical (unpaired) electrons. The molecule has 11 heteroatoms. The number of unbranched alkanes of at least 4 members (excludes halogenated alkanes) is 1. The van der Waals surface area contributed by atoms with Crippen LogP contribution in [-0.2, 0) is 17.9 Å². The van der Waals surface area contributed by atoms with E-state index in [2.05, 4.69) is 26.8 Å². The van der Waals surface area contributed by atoms with Crippen LogP contribution in [0, 0.1) is 0 Å². The zero-order valence-corrected chi connectivity index (χ0v) is 20.5. The van der Waals surface area contributed by atoms with E-state index < -0.39 is 11.9 Å². The van der Waals surface area contributed by atoms with Gasteiger partial charge in [-0.1, -0.05) is 37.6 Å². The number of nitrogen functional groups attached to an aromatic ring is 1. The molecule has 35 heavy (non-hydrogen) atoms. The number of methoxy groups -OCH3 is 1. The number of nitrogens with two attached hydrogens (primary N) is 1. The number of carbonyl (C=O) groups is 1. The Morgan fingerprint density at radius 3 is 2.74 bits per heavy atom. The Bertz CT molecular complexity index is 1140. The van der Waals surface area contributed by atoms with E-state index in [1.165, 1.54) is 7.11 Å². The van der Waals surface area contributed by atoms with Gasteiger partial charge in [0, 0.05) is 26.2 Å². The summed E-state index contributed by atoms with van der Waals surface area (Å²) in [5.41, 5.74) is 8.77. The Morgan fingerprint density at radius 1 is 1.26 bits per heavy atom. The first kappa shape index (κ1) is 26.2. The molecule has 0 amide bonds. The average molecular weight is 487 g/mol. The lowest BCUT2D eigenvalue weighted by molar-refractivity contribution is -0.138. The highest BCUT2D eigenvalue weighted by atomic mass is 16.5. The molecule has 0 fully saturated rings. The first-order valence-corrected chi connectivity index (χ1v) is 11.7. The smallest absolute Gasteiger partial charge is 0.320 e. The normalized spacial score (nSPS) is 12.3. The van der Waals surface area contributed by atoms with Gasteiger partial charge in [-0.15, -0.1) is 0 Å². The lowest BCUT2D eigenvalue weighted by Gasteiger charge is -2.22. The maximum atomic E-state index is 11.4. The summed E-state index contributed by atoms with van der Waals surface area (Å²) in [7, 11) is 1.53. The quantitative estimate of drug-likeness (QED) is 0.290. The van der Waals surface area contributed by atoms with Crippen LogP contribution in [0.1, 0.15) is 43.7 Å². The van der Waals surface area contributed by atoms with Crippen LogP contribution in [-0.4, -0.2) is 74.0 Å². The van der Waals surface area contributed by atoms with Gasteiger partial charge in [0.05, 0.1) is 26.2 Å². The minimum atomic E-state index is -0.868. The number of aromatic nitrogens is 4. The molecule has 3 rings (SSSR count). The summed E-state index contributed by atoms with van der Waals surface area (Å²) in [5.74, 6) is -1.25. The Morgan fingerprint density at radius 2 is 2.06 bits per heavy atom. The van der Waals surface area contributed by atoms with Gasteiger partial charge >= 0.3 is 12.0 Å². The molecular weight excluding hydrogens is 452 g/mol. The summed E-state index contributed by atoms with van der Waals surface area (Å²) >= 11 is 0. The zero-order chi connectivity index (χ0) is 25.4. The zero-order valence-electron chi connectivity index (χ0n) is 20.5. The van der Waals surface area contributed by atoms with Crippen LogP contribution in [0.3, 0.4) is 0 Å². The lowest BCUT2D eigenvalue weighted by atomic mass is 9.99. The Kier molecular flexibility index (Phi) is 9.21. The fourth-order valence-corrected chi connectivity index (χ4v) is 3.73. The minimum absolute atomic E-state index is 0.0163. The number of carboxylic acid groups (broad SMARTS) is 1. The maximum absolute atomic E-state index is 11.4. The number of aliphatic hydroxyl groups is 1. The van der Waals surface area contributed by atoms with E-state index in [-0.39, 0.29) is 18.4 Å². The van der Waals surface area contributed by atoms with Gasteiger partial charge in [-0.25, -0.2) is 0 Å². The summed E-state index contributed by atoms with van der Waals surface area (Å²) in [6.07, 6.45) is 1.87. The Hall–Kier alpha value is -3.44. The van der Waals surface area contributed by atoms with E-state index in [0.717, 1.165) is 24.0 Å². The molecule has 0 aliphatic rings. The molecule has 190 valence electrons. The number of fused-ring (bicyclic) bond motifs is 1. The van der Waals surface area contributed by atoms with E-state index in [1.54, 1.807) is 6.92 Å². The fourth-order valence-electron chi connectivity index (χ4n) is 3.73. The predicted molar refractivity (Wildman–Crippen MR) is 132 cm³/mol. The monoisotopic (exact) mass is 486 g/mol. The van der Waals surface area contributed by atoms with Crippen molar-refractivity contribution in [2.24, 2.45) is 0 Å². The second-order valence-corrected chi connectivity index (χ2v) is 8.32. The fraction of sp³-hybridized carbons (Fsp3) is 0.500. The first-order valence-electron chi connectivity index (χ1n) is 11.7. The number of ether oxygens (including phenoxy) is 2. The number of benzene rings is 1. The van der Waals surface area contributed by atoms with Crippen LogP contribution in [0.15, 0.2) is 24.3 Å². The molecule has 0 aliphatic carbocycles. The molecule has 0 saturated carbocycles. The molecule has 1 atom stereocenters. The number of aliphatic hydroxyl groups excluding tert-OH is 1. The van der Waals surface area contributed by atoms with Crippen LogP contribution in [0.5, 0.6) is 12.0 Å². The van der Waals surface area contributed by atoms with Crippen molar-refractivity contribution in [3.63, 3.8) is 0 Å². The van der Waals surface area contributed by atoms with Crippen molar-refractivity contribution in [3.8, 4) is 12.0 Å². The molecule has 2 heterocycles. The number of imidazole rings is 1. The van der Waals surface area contributed by atoms with Gasteiger partial charge < -0.3 is 25.4 Å². The summed E-state index contributed by atoms with van der Waals surface area (Å²) < 4.78 is 12.9. The molecular formula is C24H34N6O5. The van der Waals surface area contributed by atoms with Crippen LogP contribution < -0.4 is 15.2 Å².